The van der Waals surface area contributed by atoms with Gasteiger partial charge >= 0.3 is 0 Å². The maximum Gasteiger partial charge on any atom is 0.255 e. The van der Waals surface area contributed by atoms with E-state index in [-0.39, 0.29) is 6.61 Å². The molecule has 7 heteroatoms. The minimum Gasteiger partial charge on any atom is -0.493 e. The molecule has 0 radical (unpaired) electrons. The summed E-state index contributed by atoms with van der Waals surface area (Å²) in [6.07, 6.45) is 0. The number of nitrogens with one attached hydrogen (secondary N) is 2. The maximum atomic E-state index is 10.8. The number of hydrogen-bond acceptors (Lipinski definition) is 5. The van der Waals surface area contributed by atoms with Crippen molar-refractivity contribution < 1.29 is 14.3 Å². The summed E-state index contributed by atoms with van der Waals surface area (Å²) in [6, 6.07) is 13.5. The largest absolute Gasteiger partial charge is 0.493 e. The molecule has 23 heavy (non-hydrogen) atoms. The second-order valence-electron chi connectivity index (χ2n) is 4.71. The quantitative estimate of drug-likeness (QED) is 0.613. The molecule has 0 aromatic heterocycles. The fourth-order valence-electron chi connectivity index (χ4n) is 1.93. The number of methoxy groups -OCH3 is 1. The van der Waals surface area contributed by atoms with Crippen LogP contribution in [-0.2, 0) is 11.3 Å². The molecule has 1 amide bonds. The molecule has 0 saturated heterocycles. The van der Waals surface area contributed by atoms with E-state index >= 15 is 0 Å². The Kier molecular flexibility index (Phi) is 6.25. The molecule has 4 N–H and O–H groups in total. The number of para-hydroxylation sites is 1. The Labute approximate surface area is 143 Å². The highest BCUT2D eigenvalue weighted by Crippen LogP contribution is 2.36. The van der Waals surface area contributed by atoms with E-state index in [9.17, 15) is 4.79 Å². The Balaban J connectivity index is 2.02. The van der Waals surface area contributed by atoms with E-state index in [4.69, 9.17) is 15.2 Å². The zero-order valence-corrected chi connectivity index (χ0v) is 14.2. The molecule has 2 rings (SSSR count). The van der Waals surface area contributed by atoms with Gasteiger partial charge < -0.3 is 20.6 Å². The van der Waals surface area contributed by atoms with Gasteiger partial charge in [0.1, 0.15) is 0 Å². The molecule has 0 saturated carbocycles. The first-order chi connectivity index (χ1) is 11.1. The van der Waals surface area contributed by atoms with E-state index in [1.807, 2.05) is 42.5 Å². The third-order valence-electron chi connectivity index (χ3n) is 2.95. The summed E-state index contributed by atoms with van der Waals surface area (Å²) < 4.78 is 11.4. The van der Waals surface area contributed by atoms with Crippen molar-refractivity contribution >= 4 is 27.5 Å². The van der Waals surface area contributed by atoms with Crippen LogP contribution in [0.2, 0.25) is 0 Å². The number of rotatable bonds is 8. The van der Waals surface area contributed by atoms with Gasteiger partial charge in [0.05, 0.1) is 11.6 Å². The lowest BCUT2D eigenvalue weighted by Gasteiger charge is -2.14. The van der Waals surface area contributed by atoms with Gasteiger partial charge in [0, 0.05) is 12.2 Å². The van der Waals surface area contributed by atoms with Crippen LogP contribution >= 0.6 is 15.9 Å². The molecule has 2 aromatic rings. The molecule has 0 aliphatic rings. The van der Waals surface area contributed by atoms with Gasteiger partial charge in [-0.3, -0.25) is 4.79 Å². The van der Waals surface area contributed by atoms with Gasteiger partial charge in [0.25, 0.3) is 5.91 Å². The normalized spacial score (nSPS) is 10.2. The highest BCUT2D eigenvalue weighted by molar-refractivity contribution is 9.10. The fraction of sp³-hybridized carbons (Fsp3) is 0.188. The van der Waals surface area contributed by atoms with Crippen LogP contribution in [0.4, 0.5) is 5.69 Å². The summed E-state index contributed by atoms with van der Waals surface area (Å²) in [5, 5.41) is 0. The van der Waals surface area contributed by atoms with Gasteiger partial charge in [0.2, 0.25) is 0 Å². The van der Waals surface area contributed by atoms with E-state index in [0.717, 1.165) is 11.3 Å². The van der Waals surface area contributed by atoms with Crippen molar-refractivity contribution in [3.05, 3.63) is 52.5 Å². The van der Waals surface area contributed by atoms with Crippen LogP contribution in [0, 0.1) is 0 Å². The predicted molar refractivity (Wildman–Crippen MR) is 92.3 cm³/mol. The molecule has 0 spiro atoms. The number of primary amides is 1. The standard InChI is InChI=1S/C16H18BrN3O3/c1-22-14-8-11(7-13(17)16(14)23-10-15(18)21)9-19-20-12-5-3-2-4-6-12/h2-8,19-20H,9-10H2,1H3,(H2,18,21). The molecule has 0 fully saturated rings. The van der Waals surface area contributed by atoms with Crippen LogP contribution in [0.15, 0.2) is 46.9 Å². The minimum atomic E-state index is -0.545. The van der Waals surface area contributed by atoms with Crippen molar-refractivity contribution in [2.45, 2.75) is 6.54 Å². The number of nitrogens with two attached hydrogens (primary N) is 1. The molecule has 0 heterocycles. The number of amides is 1. The Morgan fingerprint density at radius 3 is 2.65 bits per heavy atom. The van der Waals surface area contributed by atoms with Crippen molar-refractivity contribution in [1.29, 1.82) is 0 Å². The minimum absolute atomic E-state index is 0.206. The topological polar surface area (TPSA) is 85.6 Å². The summed E-state index contributed by atoms with van der Waals surface area (Å²) in [6.45, 7) is 0.363. The average Bonchev–Trinajstić information content (AvgIpc) is 2.54. The summed E-state index contributed by atoms with van der Waals surface area (Å²) >= 11 is 3.42. The molecule has 0 aliphatic carbocycles. The third kappa shape index (κ3) is 5.15. The van der Waals surface area contributed by atoms with Gasteiger partial charge in [-0.2, -0.15) is 0 Å². The molecular weight excluding hydrogens is 362 g/mol. The predicted octanol–water partition coefficient (Wildman–Crippen LogP) is 2.44. The van der Waals surface area contributed by atoms with Gasteiger partial charge in [0.15, 0.2) is 18.1 Å². The summed E-state index contributed by atoms with van der Waals surface area (Å²) in [7, 11) is 1.54. The first-order valence-corrected chi connectivity index (χ1v) is 7.71. The molecule has 2 aromatic carbocycles. The van der Waals surface area contributed by atoms with Crippen LogP contribution in [0.25, 0.3) is 0 Å². The Bertz CT molecular complexity index is 665. The summed E-state index contributed by atoms with van der Waals surface area (Å²) in [4.78, 5) is 10.8. The van der Waals surface area contributed by atoms with Gasteiger partial charge in [-0.1, -0.05) is 18.2 Å². The average molecular weight is 380 g/mol. The first-order valence-electron chi connectivity index (χ1n) is 6.91. The smallest absolute Gasteiger partial charge is 0.255 e. The van der Waals surface area contributed by atoms with Crippen LogP contribution in [0.3, 0.4) is 0 Å². The number of halogens is 1. The number of anilines is 1. The van der Waals surface area contributed by atoms with Gasteiger partial charge in [-0.15, -0.1) is 0 Å². The molecule has 6 nitrogen and oxygen atoms in total. The van der Waals surface area contributed by atoms with Crippen molar-refractivity contribution in [1.82, 2.24) is 5.43 Å². The van der Waals surface area contributed by atoms with Crippen LogP contribution in [-0.4, -0.2) is 19.6 Å². The summed E-state index contributed by atoms with van der Waals surface area (Å²) in [5.41, 5.74) is 13.3. The van der Waals surface area contributed by atoms with Crippen LogP contribution < -0.4 is 26.1 Å². The number of hydrazine groups is 1. The Morgan fingerprint density at radius 1 is 1.26 bits per heavy atom. The van der Waals surface area contributed by atoms with Crippen LogP contribution in [0.1, 0.15) is 5.56 Å². The first kappa shape index (κ1) is 17.1. The molecule has 0 atom stereocenters. The fourth-order valence-corrected chi connectivity index (χ4v) is 2.53. The van der Waals surface area contributed by atoms with Crippen molar-refractivity contribution in [2.75, 3.05) is 19.1 Å². The zero-order valence-electron chi connectivity index (χ0n) is 12.6. The lowest BCUT2D eigenvalue weighted by Crippen LogP contribution is -2.21. The highest BCUT2D eigenvalue weighted by atomic mass is 79.9. The SMILES string of the molecule is COc1cc(CNNc2ccccc2)cc(Br)c1OCC(N)=O. The van der Waals surface area contributed by atoms with Gasteiger partial charge in [-0.05, 0) is 45.8 Å². The second-order valence-corrected chi connectivity index (χ2v) is 5.56. The Morgan fingerprint density at radius 2 is 2.00 bits per heavy atom. The molecule has 0 bridgehead atoms. The van der Waals surface area contributed by atoms with E-state index in [0.29, 0.717) is 22.5 Å². The lowest BCUT2D eigenvalue weighted by molar-refractivity contribution is -0.119. The molecular formula is C16H18BrN3O3. The molecule has 122 valence electrons. The Hall–Kier alpha value is -2.25. The number of carbonyl (C=O) groups is 1. The zero-order chi connectivity index (χ0) is 16.7. The molecule has 0 aliphatic heterocycles. The number of hydrogen-bond donors (Lipinski definition) is 3. The molecule has 0 unspecified atom stereocenters. The van der Waals surface area contributed by atoms with E-state index in [2.05, 4.69) is 26.8 Å². The third-order valence-corrected chi connectivity index (χ3v) is 3.54. The van der Waals surface area contributed by atoms with Crippen LogP contribution in [0.5, 0.6) is 11.5 Å². The second kappa shape index (κ2) is 8.40. The maximum absolute atomic E-state index is 10.8. The number of benzene rings is 2. The van der Waals surface area contributed by atoms with E-state index in [1.165, 1.54) is 0 Å². The number of ether oxygens (including phenoxy) is 2. The monoisotopic (exact) mass is 379 g/mol. The lowest BCUT2D eigenvalue weighted by atomic mass is 10.2. The highest BCUT2D eigenvalue weighted by Gasteiger charge is 2.12. The van der Waals surface area contributed by atoms with Gasteiger partial charge in [-0.25, -0.2) is 5.43 Å². The van der Waals surface area contributed by atoms with Crippen molar-refractivity contribution in [2.24, 2.45) is 5.73 Å². The van der Waals surface area contributed by atoms with E-state index < -0.39 is 5.91 Å². The van der Waals surface area contributed by atoms with E-state index in [1.54, 1.807) is 7.11 Å². The number of carbonyl (C=O) groups excluding carboxylic acids is 1. The van der Waals surface area contributed by atoms with Crippen molar-refractivity contribution in [3.8, 4) is 11.5 Å². The van der Waals surface area contributed by atoms with Crippen molar-refractivity contribution in [3.63, 3.8) is 0 Å². The summed E-state index contributed by atoms with van der Waals surface area (Å²) in [5.74, 6) is 0.431.